The van der Waals surface area contributed by atoms with E-state index in [1.807, 2.05) is 12.3 Å². The van der Waals surface area contributed by atoms with E-state index in [2.05, 4.69) is 15.4 Å². The molecule has 164 valence electrons. The van der Waals surface area contributed by atoms with Gasteiger partial charge in [0, 0.05) is 38.3 Å². The van der Waals surface area contributed by atoms with Crippen molar-refractivity contribution in [2.75, 3.05) is 26.2 Å². The minimum Gasteiger partial charge on any atom is -0.450 e. The first-order chi connectivity index (χ1) is 14.0. The lowest BCUT2D eigenvalue weighted by molar-refractivity contribution is 0.0963. The van der Waals surface area contributed by atoms with Crippen LogP contribution in [0.15, 0.2) is 41.5 Å². The molecule has 0 radical (unpaired) electrons. The molecule has 1 aromatic heterocycles. The smallest absolute Gasteiger partial charge is 0.409 e. The van der Waals surface area contributed by atoms with Crippen LogP contribution in [0.5, 0.6) is 0 Å². The summed E-state index contributed by atoms with van der Waals surface area (Å²) < 4.78 is 19.7. The number of hydrogen-bond acceptors (Lipinski definition) is 4. The number of nitrogens with two attached hydrogens (primary N) is 1. The zero-order chi connectivity index (χ0) is 20.6. The molecule has 10 heteroatoms. The zero-order valence-electron chi connectivity index (χ0n) is 17.0. The molecule has 2 aromatic rings. The maximum absolute atomic E-state index is 13.0. The zero-order valence-corrected chi connectivity index (χ0v) is 19.3. The molecule has 1 amide bonds. The molecule has 0 spiro atoms. The van der Waals surface area contributed by atoms with Gasteiger partial charge in [-0.25, -0.2) is 13.9 Å². The number of nitrogens with one attached hydrogen (secondary N) is 1. The molecule has 3 rings (SSSR count). The number of carbonyl (C=O) groups is 1. The van der Waals surface area contributed by atoms with Crippen molar-refractivity contribution in [2.45, 2.75) is 32.2 Å². The maximum Gasteiger partial charge on any atom is 0.409 e. The molecule has 0 bridgehead atoms. The molecular formula is C20H28FIN6O2. The molecule has 8 nitrogen and oxygen atoms in total. The van der Waals surface area contributed by atoms with Crippen LogP contribution in [0, 0.1) is 5.82 Å². The Balaban J connectivity index is 0.00000320. The SMILES string of the molecule is CCOC(=O)N1CCC(NC(N)=NCCc2ccn(-c3ccc(F)cc3)n2)CC1.I. The van der Waals surface area contributed by atoms with Gasteiger partial charge in [0.05, 0.1) is 18.0 Å². The molecule has 0 aliphatic carbocycles. The van der Waals surface area contributed by atoms with Gasteiger partial charge in [0.1, 0.15) is 5.82 Å². The standard InChI is InChI=1S/C20H27FN6O2.HI/c1-2-29-20(28)26-12-8-16(9-13-26)24-19(22)23-11-7-17-10-14-27(25-17)18-5-3-15(21)4-6-18;/h3-6,10,14,16H,2,7-9,11-13H2,1H3,(H3,22,23,24);1H. The summed E-state index contributed by atoms with van der Waals surface area (Å²) in [5.41, 5.74) is 7.68. The molecule has 1 aliphatic rings. The third kappa shape index (κ3) is 6.85. The number of piperidine rings is 1. The highest BCUT2D eigenvalue weighted by atomic mass is 127. The lowest BCUT2D eigenvalue weighted by atomic mass is 10.1. The number of halogens is 2. The number of ether oxygens (including phenoxy) is 1. The lowest BCUT2D eigenvalue weighted by Gasteiger charge is -2.31. The van der Waals surface area contributed by atoms with Crippen LogP contribution in [0.4, 0.5) is 9.18 Å². The third-order valence-corrected chi connectivity index (χ3v) is 4.76. The number of guanidine groups is 1. The monoisotopic (exact) mass is 530 g/mol. The van der Waals surface area contributed by atoms with Crippen molar-refractivity contribution < 1.29 is 13.9 Å². The lowest BCUT2D eigenvalue weighted by Crippen LogP contribution is -2.48. The van der Waals surface area contributed by atoms with Gasteiger partial charge in [0.2, 0.25) is 0 Å². The second-order valence-corrected chi connectivity index (χ2v) is 6.85. The van der Waals surface area contributed by atoms with Crippen LogP contribution < -0.4 is 11.1 Å². The summed E-state index contributed by atoms with van der Waals surface area (Å²) in [7, 11) is 0. The molecule has 0 atom stereocenters. The molecule has 0 saturated carbocycles. The van der Waals surface area contributed by atoms with Crippen molar-refractivity contribution in [3.05, 3.63) is 48.0 Å². The normalized spacial score (nSPS) is 14.9. The highest BCUT2D eigenvalue weighted by molar-refractivity contribution is 14.0. The average molecular weight is 530 g/mol. The number of amides is 1. The van der Waals surface area contributed by atoms with Crippen LogP contribution in [0.2, 0.25) is 0 Å². The van der Waals surface area contributed by atoms with Crippen LogP contribution >= 0.6 is 24.0 Å². The first-order valence-electron chi connectivity index (χ1n) is 9.84. The number of likely N-dealkylation sites (tertiary alicyclic amines) is 1. The Morgan fingerprint density at radius 1 is 1.30 bits per heavy atom. The molecule has 0 unspecified atom stereocenters. The van der Waals surface area contributed by atoms with Gasteiger partial charge in [-0.3, -0.25) is 4.99 Å². The van der Waals surface area contributed by atoms with E-state index < -0.39 is 0 Å². The third-order valence-electron chi connectivity index (χ3n) is 4.76. The number of hydrogen-bond donors (Lipinski definition) is 2. The minimum absolute atomic E-state index is 0. The van der Waals surface area contributed by atoms with Gasteiger partial charge >= 0.3 is 6.09 Å². The number of benzene rings is 1. The molecule has 1 aromatic carbocycles. The number of nitrogens with zero attached hydrogens (tertiary/aromatic N) is 4. The molecule has 30 heavy (non-hydrogen) atoms. The number of aromatic nitrogens is 2. The van der Waals surface area contributed by atoms with E-state index in [0.29, 0.717) is 38.6 Å². The van der Waals surface area contributed by atoms with E-state index in [1.165, 1.54) is 12.1 Å². The topological polar surface area (TPSA) is 97.8 Å². The largest absolute Gasteiger partial charge is 0.450 e. The molecule has 1 aliphatic heterocycles. The fraction of sp³-hybridized carbons (Fsp3) is 0.450. The van der Waals surface area contributed by atoms with E-state index in [-0.39, 0.29) is 41.9 Å². The van der Waals surface area contributed by atoms with Crippen molar-refractivity contribution in [1.82, 2.24) is 20.0 Å². The van der Waals surface area contributed by atoms with Gasteiger partial charge in [-0.05, 0) is 50.1 Å². The summed E-state index contributed by atoms with van der Waals surface area (Å²) >= 11 is 0. The second-order valence-electron chi connectivity index (χ2n) is 6.85. The highest BCUT2D eigenvalue weighted by Crippen LogP contribution is 2.12. The Labute approximate surface area is 192 Å². The van der Waals surface area contributed by atoms with Crippen molar-refractivity contribution in [2.24, 2.45) is 10.7 Å². The van der Waals surface area contributed by atoms with E-state index >= 15 is 0 Å². The predicted octanol–water partition coefficient (Wildman–Crippen LogP) is 2.70. The molecular weight excluding hydrogens is 502 g/mol. The first kappa shape index (κ1) is 23.9. The van der Waals surface area contributed by atoms with Crippen LogP contribution in [-0.2, 0) is 11.2 Å². The van der Waals surface area contributed by atoms with Gasteiger partial charge in [0.15, 0.2) is 5.96 Å². The fourth-order valence-electron chi connectivity index (χ4n) is 3.20. The van der Waals surface area contributed by atoms with Crippen LogP contribution in [-0.4, -0.2) is 59.0 Å². The maximum atomic E-state index is 13.0. The summed E-state index contributed by atoms with van der Waals surface area (Å²) in [6, 6.07) is 8.28. The van der Waals surface area contributed by atoms with Gasteiger partial charge < -0.3 is 20.7 Å². The fourth-order valence-corrected chi connectivity index (χ4v) is 3.20. The van der Waals surface area contributed by atoms with Crippen LogP contribution in [0.1, 0.15) is 25.5 Å². The van der Waals surface area contributed by atoms with Crippen LogP contribution in [0.25, 0.3) is 5.69 Å². The molecule has 2 heterocycles. The Bertz CT molecular complexity index is 834. The number of aliphatic imine (C=N–C) groups is 1. The average Bonchev–Trinajstić information content (AvgIpc) is 3.18. The van der Waals surface area contributed by atoms with Gasteiger partial charge in [-0.1, -0.05) is 0 Å². The predicted molar refractivity (Wildman–Crippen MR) is 124 cm³/mol. The summed E-state index contributed by atoms with van der Waals surface area (Å²) in [5, 5.41) is 7.70. The first-order valence-corrected chi connectivity index (χ1v) is 9.84. The minimum atomic E-state index is -0.273. The van der Waals surface area contributed by atoms with Crippen molar-refractivity contribution >= 4 is 36.0 Å². The van der Waals surface area contributed by atoms with Crippen LogP contribution in [0.3, 0.4) is 0 Å². The molecule has 1 saturated heterocycles. The summed E-state index contributed by atoms with van der Waals surface area (Å²) in [5.74, 6) is 0.127. The van der Waals surface area contributed by atoms with Crippen molar-refractivity contribution in [3.63, 3.8) is 0 Å². The summed E-state index contributed by atoms with van der Waals surface area (Å²) in [4.78, 5) is 17.8. The van der Waals surface area contributed by atoms with Crippen molar-refractivity contribution in [3.8, 4) is 5.69 Å². The Morgan fingerprint density at radius 2 is 2.00 bits per heavy atom. The van der Waals surface area contributed by atoms with Gasteiger partial charge in [-0.15, -0.1) is 24.0 Å². The van der Waals surface area contributed by atoms with E-state index in [9.17, 15) is 9.18 Å². The van der Waals surface area contributed by atoms with Crippen molar-refractivity contribution in [1.29, 1.82) is 0 Å². The van der Waals surface area contributed by atoms with Gasteiger partial charge in [-0.2, -0.15) is 5.10 Å². The Hall–Kier alpha value is -2.37. The summed E-state index contributed by atoms with van der Waals surface area (Å²) in [6.07, 6.45) is 3.84. The highest BCUT2D eigenvalue weighted by Gasteiger charge is 2.23. The summed E-state index contributed by atoms with van der Waals surface area (Å²) in [6.45, 7) is 3.99. The van der Waals surface area contributed by atoms with E-state index in [0.717, 1.165) is 24.2 Å². The quantitative estimate of drug-likeness (QED) is 0.340. The Kier molecular flexibility index (Phi) is 9.34. The van der Waals surface area contributed by atoms with E-state index in [4.69, 9.17) is 10.5 Å². The van der Waals surface area contributed by atoms with E-state index in [1.54, 1.807) is 28.6 Å². The molecule has 3 N–H and O–H groups in total. The Morgan fingerprint density at radius 3 is 2.67 bits per heavy atom. The second kappa shape index (κ2) is 11.7. The number of carbonyl (C=O) groups excluding carboxylic acids is 1. The molecule has 1 fully saturated rings. The number of rotatable bonds is 6. The van der Waals surface area contributed by atoms with Gasteiger partial charge in [0.25, 0.3) is 0 Å².